The number of hydrogen-bond donors (Lipinski definition) is 0. The summed E-state index contributed by atoms with van der Waals surface area (Å²) in [5, 5.41) is 0. The largest absolute Gasteiger partial charge is 0.348 e. The molecule has 2 nitrogen and oxygen atoms in total. The van der Waals surface area contributed by atoms with E-state index in [0.717, 1.165) is 37.3 Å². The van der Waals surface area contributed by atoms with Gasteiger partial charge in [0.2, 0.25) is 0 Å². The monoisotopic (exact) mass is 287 g/mol. The van der Waals surface area contributed by atoms with Crippen LogP contribution < -0.4 is 0 Å². The Bertz CT molecular complexity index is 532. The number of carbonyl (C=O) groups excluding carboxylic acids is 1. The van der Waals surface area contributed by atoms with Crippen LogP contribution in [0.2, 0.25) is 0 Å². The summed E-state index contributed by atoms with van der Waals surface area (Å²) in [4.78, 5) is 12.1. The molecule has 3 rings (SSSR count). The first-order valence-corrected chi connectivity index (χ1v) is 8.73. The quantitative estimate of drug-likeness (QED) is 0.770. The van der Waals surface area contributed by atoms with Gasteiger partial charge in [-0.3, -0.25) is 4.79 Å². The van der Waals surface area contributed by atoms with Crippen molar-refractivity contribution >= 4 is 5.78 Å². The van der Waals surface area contributed by atoms with Crippen molar-refractivity contribution in [3.8, 4) is 0 Å². The second-order valence-corrected chi connectivity index (χ2v) is 7.81. The van der Waals surface area contributed by atoms with E-state index in [1.807, 2.05) is 0 Å². The van der Waals surface area contributed by atoms with E-state index in [-0.39, 0.29) is 0 Å². The molecular formula is C19H29NO. The van der Waals surface area contributed by atoms with E-state index in [0.29, 0.717) is 11.2 Å². The molecule has 0 N–H and O–H groups in total. The van der Waals surface area contributed by atoms with Gasteiger partial charge in [0.05, 0.1) is 0 Å². The van der Waals surface area contributed by atoms with Crippen molar-refractivity contribution in [3.63, 3.8) is 0 Å². The number of Topliss-reactive ketones (excluding diaryl/α,β-unsaturated/α-hetero) is 1. The second-order valence-electron chi connectivity index (χ2n) is 7.81. The number of nitrogens with zero attached hydrogens (tertiary/aromatic N) is 1. The zero-order valence-electron chi connectivity index (χ0n) is 13.9. The van der Waals surface area contributed by atoms with Gasteiger partial charge in [-0.05, 0) is 56.4 Å². The maximum Gasteiger partial charge on any atom is 0.164 e. The molecule has 0 radical (unpaired) electrons. The predicted molar refractivity (Wildman–Crippen MR) is 86.8 cm³/mol. The molecule has 0 amide bonds. The highest BCUT2D eigenvalue weighted by Crippen LogP contribution is 2.45. The maximum absolute atomic E-state index is 12.1. The Morgan fingerprint density at radius 1 is 1.19 bits per heavy atom. The lowest BCUT2D eigenvalue weighted by Gasteiger charge is -2.33. The van der Waals surface area contributed by atoms with Gasteiger partial charge in [-0.15, -0.1) is 0 Å². The number of hydrogen-bond acceptors (Lipinski definition) is 1. The third-order valence-corrected chi connectivity index (χ3v) is 5.53. The molecular weight excluding hydrogens is 258 g/mol. The van der Waals surface area contributed by atoms with Crippen molar-refractivity contribution in [2.45, 2.75) is 78.7 Å². The Balaban J connectivity index is 1.91. The van der Waals surface area contributed by atoms with Crippen LogP contribution in [0.3, 0.4) is 0 Å². The Hall–Kier alpha value is -1.05. The fraction of sp³-hybridized carbons (Fsp3) is 0.737. The van der Waals surface area contributed by atoms with Crippen LogP contribution in [0.4, 0.5) is 0 Å². The number of carbonyl (C=O) groups is 1. The topological polar surface area (TPSA) is 22.0 Å². The summed E-state index contributed by atoms with van der Waals surface area (Å²) in [7, 11) is 0. The highest BCUT2D eigenvalue weighted by Gasteiger charge is 2.36. The molecule has 1 fully saturated rings. The Labute approximate surface area is 128 Å². The molecule has 0 aromatic carbocycles. The lowest BCUT2D eigenvalue weighted by atomic mass is 9.78. The number of aryl methyl sites for hydroxylation is 1. The summed E-state index contributed by atoms with van der Waals surface area (Å²) in [6.07, 6.45) is 9.69. The van der Waals surface area contributed by atoms with Gasteiger partial charge in [0.1, 0.15) is 0 Å². The molecule has 0 saturated heterocycles. The lowest BCUT2D eigenvalue weighted by molar-refractivity contribution is 0.0970. The average Bonchev–Trinajstić information content (AvgIpc) is 2.97. The van der Waals surface area contributed by atoms with E-state index in [4.69, 9.17) is 0 Å². The summed E-state index contributed by atoms with van der Waals surface area (Å²) in [6, 6.07) is 2.15. The molecule has 1 aromatic rings. The van der Waals surface area contributed by atoms with Gasteiger partial charge in [0.15, 0.2) is 5.78 Å². The highest BCUT2D eigenvalue weighted by molar-refractivity contribution is 5.98. The zero-order chi connectivity index (χ0) is 15.0. The Morgan fingerprint density at radius 2 is 1.90 bits per heavy atom. The van der Waals surface area contributed by atoms with Crippen molar-refractivity contribution in [1.29, 1.82) is 0 Å². The van der Waals surface area contributed by atoms with Crippen LogP contribution in [-0.4, -0.2) is 10.4 Å². The van der Waals surface area contributed by atoms with Gasteiger partial charge >= 0.3 is 0 Å². The van der Waals surface area contributed by atoms with Crippen LogP contribution in [0.5, 0.6) is 0 Å². The fourth-order valence-electron chi connectivity index (χ4n) is 4.76. The van der Waals surface area contributed by atoms with E-state index in [9.17, 15) is 4.79 Å². The van der Waals surface area contributed by atoms with Crippen LogP contribution in [0.1, 0.15) is 80.5 Å². The highest BCUT2D eigenvalue weighted by atomic mass is 16.1. The van der Waals surface area contributed by atoms with E-state index in [1.165, 1.54) is 43.5 Å². The van der Waals surface area contributed by atoms with Crippen molar-refractivity contribution in [2.75, 3.05) is 0 Å². The molecule has 2 aliphatic rings. The number of ketones is 1. The van der Waals surface area contributed by atoms with E-state index < -0.39 is 0 Å². The van der Waals surface area contributed by atoms with E-state index in [2.05, 4.69) is 31.4 Å². The maximum atomic E-state index is 12.1. The molecule has 1 saturated carbocycles. The summed E-state index contributed by atoms with van der Waals surface area (Å²) in [5.74, 6) is 1.12. The summed E-state index contributed by atoms with van der Waals surface area (Å²) < 4.78 is 2.50. The van der Waals surface area contributed by atoms with Gasteiger partial charge in [-0.1, -0.05) is 26.7 Å². The molecule has 0 spiro atoms. The molecule has 2 aliphatic carbocycles. The minimum Gasteiger partial charge on any atom is -0.348 e. The van der Waals surface area contributed by atoms with Crippen LogP contribution in [0.25, 0.3) is 0 Å². The SMILES string of the molecule is Cc1cc2c(n1CC1(CC(C)C)CCCC1)CCCC2=O. The van der Waals surface area contributed by atoms with Crippen molar-refractivity contribution < 1.29 is 4.79 Å². The van der Waals surface area contributed by atoms with Crippen LogP contribution >= 0.6 is 0 Å². The Morgan fingerprint density at radius 3 is 2.57 bits per heavy atom. The van der Waals surface area contributed by atoms with Gasteiger partial charge in [-0.2, -0.15) is 0 Å². The van der Waals surface area contributed by atoms with Gasteiger partial charge in [0, 0.05) is 29.9 Å². The summed E-state index contributed by atoms with van der Waals surface area (Å²) in [6.45, 7) is 8.02. The van der Waals surface area contributed by atoms with Crippen LogP contribution in [0, 0.1) is 18.3 Å². The smallest absolute Gasteiger partial charge is 0.164 e. The molecule has 1 aromatic heterocycles. The fourth-order valence-corrected chi connectivity index (χ4v) is 4.76. The summed E-state index contributed by atoms with van der Waals surface area (Å²) in [5.41, 5.74) is 4.13. The first kappa shape index (κ1) is 14.9. The van der Waals surface area contributed by atoms with Crippen molar-refractivity contribution in [3.05, 3.63) is 23.0 Å². The molecule has 0 unspecified atom stereocenters. The van der Waals surface area contributed by atoms with E-state index >= 15 is 0 Å². The normalized spacial score (nSPS) is 21.0. The lowest BCUT2D eigenvalue weighted by Crippen LogP contribution is -2.27. The van der Waals surface area contributed by atoms with Crippen LogP contribution in [-0.2, 0) is 13.0 Å². The first-order chi connectivity index (χ1) is 10.0. The van der Waals surface area contributed by atoms with Gasteiger partial charge < -0.3 is 4.57 Å². The number of fused-ring (bicyclic) bond motifs is 1. The summed E-state index contributed by atoms with van der Waals surface area (Å²) >= 11 is 0. The second kappa shape index (κ2) is 5.62. The van der Waals surface area contributed by atoms with Gasteiger partial charge in [-0.25, -0.2) is 0 Å². The molecule has 0 atom stereocenters. The van der Waals surface area contributed by atoms with Crippen molar-refractivity contribution in [2.24, 2.45) is 11.3 Å². The van der Waals surface area contributed by atoms with Crippen LogP contribution in [0.15, 0.2) is 6.07 Å². The first-order valence-electron chi connectivity index (χ1n) is 8.73. The average molecular weight is 287 g/mol. The standard InChI is InChI=1S/C19H29NO/c1-14(2)12-19(9-4-5-10-19)13-20-15(3)11-16-17(20)7-6-8-18(16)21/h11,14H,4-10,12-13H2,1-3H3. The minimum absolute atomic E-state index is 0.363. The predicted octanol–water partition coefficient (Wildman–Crippen LogP) is 4.92. The minimum atomic E-state index is 0.363. The molecule has 0 aliphatic heterocycles. The molecule has 21 heavy (non-hydrogen) atoms. The number of aromatic nitrogens is 1. The van der Waals surface area contributed by atoms with Crippen molar-refractivity contribution in [1.82, 2.24) is 4.57 Å². The molecule has 2 heteroatoms. The number of rotatable bonds is 4. The molecule has 116 valence electrons. The van der Waals surface area contributed by atoms with E-state index in [1.54, 1.807) is 0 Å². The Kier molecular flexibility index (Phi) is 3.98. The van der Waals surface area contributed by atoms with Gasteiger partial charge in [0.25, 0.3) is 0 Å². The third-order valence-electron chi connectivity index (χ3n) is 5.53. The third kappa shape index (κ3) is 2.82. The zero-order valence-corrected chi connectivity index (χ0v) is 13.9. The molecule has 1 heterocycles. The molecule has 0 bridgehead atoms.